The van der Waals surface area contributed by atoms with Crippen LogP contribution >= 0.6 is 22.6 Å². The number of aryl methyl sites for hydroxylation is 1. The second kappa shape index (κ2) is 8.10. The molecule has 2 amide bonds. The highest BCUT2D eigenvalue weighted by Crippen LogP contribution is 2.15. The van der Waals surface area contributed by atoms with E-state index in [9.17, 15) is 9.59 Å². The van der Waals surface area contributed by atoms with Crippen molar-refractivity contribution in [3.8, 4) is 0 Å². The zero-order chi connectivity index (χ0) is 16.8. The van der Waals surface area contributed by atoms with Crippen LogP contribution in [0.3, 0.4) is 0 Å². The van der Waals surface area contributed by atoms with Gasteiger partial charge in [0.25, 0.3) is 5.91 Å². The molecule has 1 N–H and O–H groups in total. The van der Waals surface area contributed by atoms with E-state index in [4.69, 9.17) is 0 Å². The first-order chi connectivity index (χ1) is 11.0. The van der Waals surface area contributed by atoms with Gasteiger partial charge in [0, 0.05) is 35.3 Å². The predicted molar refractivity (Wildman–Crippen MR) is 101 cm³/mol. The maximum Gasteiger partial charge on any atom is 0.255 e. The van der Waals surface area contributed by atoms with Crippen LogP contribution in [0.4, 0.5) is 5.69 Å². The van der Waals surface area contributed by atoms with Gasteiger partial charge in [-0.2, -0.15) is 0 Å². The minimum absolute atomic E-state index is 0.0956. The van der Waals surface area contributed by atoms with Crippen molar-refractivity contribution in [2.24, 2.45) is 0 Å². The van der Waals surface area contributed by atoms with Gasteiger partial charge >= 0.3 is 0 Å². The average Bonchev–Trinajstić information content (AvgIpc) is 2.52. The molecular formula is C18H19IN2O2. The number of carbonyl (C=O) groups excluding carboxylic acids is 2. The number of hydrogen-bond acceptors (Lipinski definition) is 2. The summed E-state index contributed by atoms with van der Waals surface area (Å²) >= 11 is 2.18. The molecule has 2 rings (SSSR count). The number of amides is 2. The summed E-state index contributed by atoms with van der Waals surface area (Å²) in [7, 11) is 3.50. The minimum atomic E-state index is -0.134. The molecule has 0 aromatic heterocycles. The van der Waals surface area contributed by atoms with E-state index >= 15 is 0 Å². The summed E-state index contributed by atoms with van der Waals surface area (Å²) in [4.78, 5) is 25.5. The zero-order valence-corrected chi connectivity index (χ0v) is 15.3. The van der Waals surface area contributed by atoms with E-state index in [1.807, 2.05) is 42.5 Å². The van der Waals surface area contributed by atoms with Gasteiger partial charge in [-0.1, -0.05) is 18.2 Å². The summed E-state index contributed by atoms with van der Waals surface area (Å²) in [6.45, 7) is 0. The highest BCUT2D eigenvalue weighted by atomic mass is 127. The largest absolute Gasteiger partial charge is 0.349 e. The van der Waals surface area contributed by atoms with Crippen LogP contribution in [-0.2, 0) is 11.2 Å². The smallest absolute Gasteiger partial charge is 0.255 e. The van der Waals surface area contributed by atoms with Crippen LogP contribution in [0.1, 0.15) is 22.3 Å². The molecule has 0 unspecified atom stereocenters. The van der Waals surface area contributed by atoms with Crippen molar-refractivity contribution in [1.82, 2.24) is 4.90 Å². The van der Waals surface area contributed by atoms with E-state index in [1.165, 1.54) is 0 Å². The molecule has 4 nitrogen and oxygen atoms in total. The van der Waals surface area contributed by atoms with Gasteiger partial charge in [0.15, 0.2) is 0 Å². The SMILES string of the molecule is CN(C)C(=O)CCc1cccc(NC(=O)c2cccc(I)c2)c1. The molecule has 0 heterocycles. The lowest BCUT2D eigenvalue weighted by Crippen LogP contribution is -2.21. The second-order valence-corrected chi connectivity index (χ2v) is 6.70. The fourth-order valence-corrected chi connectivity index (χ4v) is 2.66. The summed E-state index contributed by atoms with van der Waals surface area (Å²) in [6, 6.07) is 15.0. The van der Waals surface area contributed by atoms with Gasteiger partial charge in [-0.25, -0.2) is 0 Å². The van der Waals surface area contributed by atoms with Crippen molar-refractivity contribution in [2.75, 3.05) is 19.4 Å². The Labute approximate surface area is 150 Å². The number of carbonyl (C=O) groups is 2. The fourth-order valence-electron chi connectivity index (χ4n) is 2.11. The van der Waals surface area contributed by atoms with E-state index in [2.05, 4.69) is 27.9 Å². The Balaban J connectivity index is 2.02. The van der Waals surface area contributed by atoms with Crippen molar-refractivity contribution in [3.63, 3.8) is 0 Å². The topological polar surface area (TPSA) is 49.4 Å². The Morgan fingerprint density at radius 1 is 1.09 bits per heavy atom. The first-order valence-electron chi connectivity index (χ1n) is 7.32. The third-order valence-corrected chi connectivity index (χ3v) is 4.07. The maximum atomic E-state index is 12.3. The lowest BCUT2D eigenvalue weighted by molar-refractivity contribution is -0.128. The molecule has 0 atom stereocenters. The van der Waals surface area contributed by atoms with E-state index in [0.29, 0.717) is 18.4 Å². The molecule has 0 bridgehead atoms. The Kier molecular flexibility index (Phi) is 6.15. The molecule has 120 valence electrons. The van der Waals surface area contributed by atoms with Crippen LogP contribution in [0.15, 0.2) is 48.5 Å². The summed E-state index contributed by atoms with van der Waals surface area (Å²) in [6.07, 6.45) is 1.12. The maximum absolute atomic E-state index is 12.3. The first kappa shape index (κ1) is 17.5. The van der Waals surface area contributed by atoms with Crippen LogP contribution in [0.25, 0.3) is 0 Å². The molecule has 0 fully saturated rings. The third-order valence-electron chi connectivity index (χ3n) is 3.40. The highest BCUT2D eigenvalue weighted by Gasteiger charge is 2.08. The van der Waals surface area contributed by atoms with Crippen LogP contribution in [0, 0.1) is 3.57 Å². The van der Waals surface area contributed by atoms with Crippen LogP contribution < -0.4 is 5.32 Å². The number of nitrogens with zero attached hydrogens (tertiary/aromatic N) is 1. The molecule has 0 aliphatic carbocycles. The minimum Gasteiger partial charge on any atom is -0.349 e. The number of nitrogens with one attached hydrogen (secondary N) is 1. The molecule has 0 aliphatic heterocycles. The van der Waals surface area contributed by atoms with Crippen LogP contribution in [-0.4, -0.2) is 30.8 Å². The predicted octanol–water partition coefficient (Wildman–Crippen LogP) is 3.56. The number of anilines is 1. The second-order valence-electron chi connectivity index (χ2n) is 5.45. The molecule has 5 heteroatoms. The number of rotatable bonds is 5. The molecule has 0 spiro atoms. The van der Waals surface area contributed by atoms with Crippen molar-refractivity contribution < 1.29 is 9.59 Å². The zero-order valence-electron chi connectivity index (χ0n) is 13.2. The number of halogens is 1. The summed E-state index contributed by atoms with van der Waals surface area (Å²) < 4.78 is 1.02. The lowest BCUT2D eigenvalue weighted by atomic mass is 10.1. The summed E-state index contributed by atoms with van der Waals surface area (Å²) in [5.41, 5.74) is 2.40. The van der Waals surface area contributed by atoms with Gasteiger partial charge in [-0.15, -0.1) is 0 Å². The van der Waals surface area contributed by atoms with Crippen molar-refractivity contribution in [2.45, 2.75) is 12.8 Å². The molecule has 2 aromatic rings. The molecular weight excluding hydrogens is 403 g/mol. The van der Waals surface area contributed by atoms with Gasteiger partial charge in [-0.05, 0) is 64.9 Å². The normalized spacial score (nSPS) is 10.2. The first-order valence-corrected chi connectivity index (χ1v) is 8.39. The molecule has 0 radical (unpaired) electrons. The highest BCUT2D eigenvalue weighted by molar-refractivity contribution is 14.1. The number of benzene rings is 2. The molecule has 0 saturated carbocycles. The Hall–Kier alpha value is -1.89. The van der Waals surface area contributed by atoms with Crippen molar-refractivity contribution in [1.29, 1.82) is 0 Å². The van der Waals surface area contributed by atoms with Gasteiger partial charge in [0.2, 0.25) is 5.91 Å². The van der Waals surface area contributed by atoms with Gasteiger partial charge in [0.1, 0.15) is 0 Å². The lowest BCUT2D eigenvalue weighted by Gasteiger charge is -2.11. The Morgan fingerprint density at radius 3 is 2.52 bits per heavy atom. The Morgan fingerprint density at radius 2 is 1.83 bits per heavy atom. The average molecular weight is 422 g/mol. The van der Waals surface area contributed by atoms with Crippen LogP contribution in [0.2, 0.25) is 0 Å². The quantitative estimate of drug-likeness (QED) is 0.750. The van der Waals surface area contributed by atoms with Crippen molar-refractivity contribution in [3.05, 3.63) is 63.2 Å². The molecule has 0 saturated heterocycles. The van der Waals surface area contributed by atoms with E-state index in [1.54, 1.807) is 25.1 Å². The third kappa shape index (κ3) is 5.35. The Bertz CT molecular complexity index is 714. The molecule has 23 heavy (non-hydrogen) atoms. The number of hydrogen-bond donors (Lipinski definition) is 1. The summed E-state index contributed by atoms with van der Waals surface area (Å²) in [5, 5.41) is 2.90. The fraction of sp³-hybridized carbons (Fsp3) is 0.222. The van der Waals surface area contributed by atoms with Gasteiger partial charge < -0.3 is 10.2 Å². The van der Waals surface area contributed by atoms with Gasteiger partial charge in [0.05, 0.1) is 0 Å². The monoisotopic (exact) mass is 422 g/mol. The summed E-state index contributed by atoms with van der Waals surface area (Å²) in [5.74, 6) is -0.0386. The molecule has 2 aromatic carbocycles. The molecule has 0 aliphatic rings. The van der Waals surface area contributed by atoms with E-state index < -0.39 is 0 Å². The van der Waals surface area contributed by atoms with Crippen molar-refractivity contribution >= 4 is 40.1 Å². The van der Waals surface area contributed by atoms with Gasteiger partial charge in [-0.3, -0.25) is 9.59 Å². The standard InChI is InChI=1S/C18H19IN2O2/c1-21(2)17(22)10-9-13-5-3-8-16(11-13)20-18(23)14-6-4-7-15(19)12-14/h3-8,11-12H,9-10H2,1-2H3,(H,20,23). The van der Waals surface area contributed by atoms with Crippen LogP contribution in [0.5, 0.6) is 0 Å². The van der Waals surface area contributed by atoms with E-state index in [0.717, 1.165) is 14.8 Å². The van der Waals surface area contributed by atoms with E-state index in [-0.39, 0.29) is 11.8 Å².